The zero-order valence-electron chi connectivity index (χ0n) is 42.8. The summed E-state index contributed by atoms with van der Waals surface area (Å²) in [5.41, 5.74) is 7.92. The third kappa shape index (κ3) is 8.34. The molecule has 0 fully saturated rings. The predicted octanol–water partition coefficient (Wildman–Crippen LogP) is 14.2. The van der Waals surface area contributed by atoms with E-state index in [-0.39, 0.29) is 60.5 Å². The largest absolute Gasteiger partial charge is 0.507 e. The Morgan fingerprint density at radius 3 is 1.92 bits per heavy atom. The Morgan fingerprint density at radius 2 is 1.24 bits per heavy atom. The molecule has 0 amide bonds. The van der Waals surface area contributed by atoms with Crippen LogP contribution in [0.2, 0.25) is 0 Å². The molecule has 300 valence electrons. The van der Waals surface area contributed by atoms with Crippen molar-refractivity contribution in [2.75, 3.05) is 0 Å². The average molecular weight is 962 g/mol. The van der Waals surface area contributed by atoms with E-state index in [9.17, 15) is 6.48 Å². The molecule has 0 aliphatic rings. The molecule has 2 heterocycles. The van der Waals surface area contributed by atoms with Crippen LogP contribution >= 0.6 is 0 Å². The van der Waals surface area contributed by atoms with Crippen molar-refractivity contribution >= 4 is 11.0 Å². The molecule has 6 aromatic carbocycles. The topological polar surface area (TPSA) is 50.9 Å². The van der Waals surface area contributed by atoms with Gasteiger partial charge in [-0.1, -0.05) is 164 Å². The number of phenolic OH excluding ortho intramolecular Hbond substituents is 1. The smallest absolute Gasteiger partial charge is 0.148 e. The number of hydrogen-bond donors (Lipinski definition) is 1. The first-order valence-electron chi connectivity index (χ1n) is 23.6. The second-order valence-corrected chi connectivity index (χ2v) is 17.9. The number of aromatic nitrogens is 3. The molecule has 8 rings (SSSR count). The quantitative estimate of drug-likeness (QED) is 0.169. The van der Waals surface area contributed by atoms with E-state index < -0.39 is 47.8 Å². The van der Waals surface area contributed by atoms with E-state index in [0.717, 1.165) is 39.0 Å². The summed E-state index contributed by atoms with van der Waals surface area (Å²) in [6, 6.07) is 31.8. The third-order valence-electron chi connectivity index (χ3n) is 10.6. The Labute approximate surface area is 375 Å². The van der Waals surface area contributed by atoms with E-state index in [1.165, 1.54) is 0 Å². The molecule has 0 aliphatic heterocycles. The number of aromatic hydroxyl groups is 1. The SMILES string of the molecule is [2H]c1nc(-c2[c-]c(-c3cccc4c3nc(-c3cc(C(C)(C)C)ccc3O)n4-c3ccc(C(C)(C)C)cc3-c3ccccc3)cc(C(C)(C)C)c2)c([2H])c(-c2c([2H])c([2H])c([2H])c([2H])c2[2H])c1[2H].[Pt]. The van der Waals surface area contributed by atoms with Crippen molar-refractivity contribution < 1.29 is 37.1 Å². The maximum absolute atomic E-state index is 11.7. The second-order valence-electron chi connectivity index (χ2n) is 17.9. The number of pyridine rings is 1. The number of imidazole rings is 1. The molecule has 0 aliphatic carbocycles. The first kappa shape index (κ1) is 32.3. The van der Waals surface area contributed by atoms with E-state index in [1.807, 2.05) is 60.7 Å². The molecular formula is C54H52N3OPt-. The number of benzene rings is 6. The molecule has 0 unspecified atom stereocenters. The molecule has 5 heteroatoms. The summed E-state index contributed by atoms with van der Waals surface area (Å²) in [5, 5.41) is 11.7. The minimum absolute atomic E-state index is 0. The fourth-order valence-electron chi connectivity index (χ4n) is 7.19. The predicted molar refractivity (Wildman–Crippen MR) is 243 cm³/mol. The van der Waals surface area contributed by atoms with Crippen molar-refractivity contribution in [1.29, 1.82) is 0 Å². The minimum atomic E-state index is -0.607. The number of phenols is 1. The molecule has 2 aromatic heterocycles. The van der Waals surface area contributed by atoms with E-state index in [4.69, 9.17) is 14.6 Å². The number of hydrogen-bond acceptors (Lipinski definition) is 3. The zero-order valence-corrected chi connectivity index (χ0v) is 37.1. The molecular weight excluding hydrogens is 902 g/mol. The van der Waals surface area contributed by atoms with Crippen LogP contribution < -0.4 is 0 Å². The summed E-state index contributed by atoms with van der Waals surface area (Å²) < 4.78 is 71.4. The van der Waals surface area contributed by atoms with Crippen molar-refractivity contribution in [3.8, 4) is 67.5 Å². The number of fused-ring (bicyclic) bond motifs is 1. The van der Waals surface area contributed by atoms with Crippen LogP contribution in [0.1, 0.15) is 90.0 Å². The fourth-order valence-corrected chi connectivity index (χ4v) is 7.19. The van der Waals surface area contributed by atoms with E-state index >= 15 is 0 Å². The van der Waals surface area contributed by atoms with Crippen LogP contribution in [0.5, 0.6) is 5.75 Å². The van der Waals surface area contributed by atoms with Crippen LogP contribution in [0, 0.1) is 6.07 Å². The molecule has 8 aromatic rings. The van der Waals surface area contributed by atoms with Crippen molar-refractivity contribution in [1.82, 2.24) is 14.5 Å². The van der Waals surface area contributed by atoms with E-state index in [2.05, 4.69) is 108 Å². The van der Waals surface area contributed by atoms with Crippen LogP contribution in [0.25, 0.3) is 72.7 Å². The van der Waals surface area contributed by atoms with Gasteiger partial charge in [-0.3, -0.25) is 9.55 Å². The van der Waals surface area contributed by atoms with Crippen molar-refractivity contribution in [3.05, 3.63) is 168 Å². The summed E-state index contributed by atoms with van der Waals surface area (Å²) in [7, 11) is 0. The Morgan fingerprint density at radius 1 is 0.593 bits per heavy atom. The Balaban J connectivity index is 0.00000666. The Kier molecular flexibility index (Phi) is 8.70. The minimum Gasteiger partial charge on any atom is -0.507 e. The number of nitrogens with zero attached hydrogens (tertiary/aromatic N) is 3. The van der Waals surface area contributed by atoms with Gasteiger partial charge < -0.3 is 5.11 Å². The van der Waals surface area contributed by atoms with Gasteiger partial charge in [0.1, 0.15) is 11.6 Å². The Bertz CT molecular complexity index is 3230. The third-order valence-corrected chi connectivity index (χ3v) is 10.6. The summed E-state index contributed by atoms with van der Waals surface area (Å²) >= 11 is 0. The van der Waals surface area contributed by atoms with Gasteiger partial charge in [-0.25, -0.2) is 4.98 Å². The van der Waals surface area contributed by atoms with Gasteiger partial charge in [0.05, 0.1) is 33.3 Å². The molecule has 0 saturated heterocycles. The van der Waals surface area contributed by atoms with Crippen molar-refractivity contribution in [2.45, 2.75) is 78.6 Å². The summed E-state index contributed by atoms with van der Waals surface area (Å²) in [6.45, 7) is 19.1. The molecule has 0 bridgehead atoms. The monoisotopic (exact) mass is 961 g/mol. The second kappa shape index (κ2) is 15.9. The molecule has 0 saturated carbocycles. The summed E-state index contributed by atoms with van der Waals surface area (Å²) in [5.74, 6) is 0.599. The van der Waals surface area contributed by atoms with Crippen molar-refractivity contribution in [3.63, 3.8) is 0 Å². The van der Waals surface area contributed by atoms with Gasteiger partial charge in [0.25, 0.3) is 0 Å². The fraction of sp³-hybridized carbons (Fsp3) is 0.222. The summed E-state index contributed by atoms with van der Waals surface area (Å²) in [6.07, 6.45) is -0.520. The van der Waals surface area contributed by atoms with Gasteiger partial charge in [0, 0.05) is 38.5 Å². The summed E-state index contributed by atoms with van der Waals surface area (Å²) in [4.78, 5) is 9.87. The van der Waals surface area contributed by atoms with Crippen LogP contribution in [-0.4, -0.2) is 19.6 Å². The van der Waals surface area contributed by atoms with Crippen molar-refractivity contribution in [2.24, 2.45) is 0 Å². The molecule has 59 heavy (non-hydrogen) atoms. The first-order chi connectivity index (χ1) is 30.9. The van der Waals surface area contributed by atoms with Crippen LogP contribution in [-0.2, 0) is 37.3 Å². The number of para-hydroxylation sites is 1. The molecule has 0 atom stereocenters. The van der Waals surface area contributed by atoms with Crippen LogP contribution in [0.4, 0.5) is 0 Å². The van der Waals surface area contributed by atoms with Crippen LogP contribution in [0.15, 0.2) is 146 Å². The van der Waals surface area contributed by atoms with E-state index in [0.29, 0.717) is 33.6 Å². The van der Waals surface area contributed by atoms with Crippen LogP contribution in [0.3, 0.4) is 0 Å². The van der Waals surface area contributed by atoms with Gasteiger partial charge in [-0.15, -0.1) is 29.3 Å². The molecule has 4 nitrogen and oxygen atoms in total. The van der Waals surface area contributed by atoms with E-state index in [1.54, 1.807) is 6.07 Å². The molecule has 0 spiro atoms. The van der Waals surface area contributed by atoms with Gasteiger partial charge in [-0.2, -0.15) is 0 Å². The standard InChI is InChI=1S/C54H52N3O.Pt/c1-52(2,3)40-23-25-47(44(33-40)36-19-14-11-15-20-36)57-48-22-16-21-43(50(48)56-51(57)45-34-41(53(4,5)6)24-26-49(45)58)38-29-39(31-42(30-38)54(7,8)9)46-32-37(27-28-55-46)35-17-12-10-13-18-35;/h10-28,30-34,58H,1-9H3;/q-1;/i10D,12D,13D,17D,18D,27D,28D,32D;. The molecule has 0 radical (unpaired) electrons. The first-order valence-corrected chi connectivity index (χ1v) is 19.6. The van der Waals surface area contributed by atoms with Gasteiger partial charge in [-0.05, 0) is 80.4 Å². The normalized spacial score (nSPS) is 14.0. The average Bonchev–Trinajstić information content (AvgIpc) is 3.66. The number of rotatable bonds is 6. The zero-order chi connectivity index (χ0) is 47.9. The van der Waals surface area contributed by atoms with Gasteiger partial charge in [0.15, 0.2) is 0 Å². The molecule has 1 N–H and O–H groups in total. The Hall–Kier alpha value is -5.57. The van der Waals surface area contributed by atoms with Gasteiger partial charge in [0.2, 0.25) is 0 Å². The maximum atomic E-state index is 11.7. The van der Waals surface area contributed by atoms with Gasteiger partial charge >= 0.3 is 0 Å². The maximum Gasteiger partial charge on any atom is 0.148 e.